The molecule has 0 N–H and O–H groups in total. The molecular weight excluding hydrogens is 270 g/mol. The molecule has 1 aliphatic heterocycles. The van der Waals surface area contributed by atoms with Crippen molar-refractivity contribution < 1.29 is 9.53 Å². The summed E-state index contributed by atoms with van der Waals surface area (Å²) < 4.78 is 4.91. The molecule has 1 aromatic carbocycles. The van der Waals surface area contributed by atoms with Crippen LogP contribution in [-0.4, -0.2) is 23.4 Å². The van der Waals surface area contributed by atoms with Gasteiger partial charge in [-0.15, -0.1) is 11.8 Å². The van der Waals surface area contributed by atoms with Crippen LogP contribution >= 0.6 is 23.4 Å². The average Bonchev–Trinajstić information content (AvgIpc) is 2.78. The van der Waals surface area contributed by atoms with Crippen LogP contribution in [0.4, 0.5) is 0 Å². The maximum atomic E-state index is 11.4. The van der Waals surface area contributed by atoms with Gasteiger partial charge in [0.05, 0.1) is 24.1 Å². The highest BCUT2D eigenvalue weighted by molar-refractivity contribution is 8.14. The van der Waals surface area contributed by atoms with Crippen molar-refractivity contribution in [2.75, 3.05) is 12.4 Å². The molecular formula is C13H14ClNO2S. The lowest BCUT2D eigenvalue weighted by molar-refractivity contribution is -0.141. The first-order valence-electron chi connectivity index (χ1n) is 5.79. The topological polar surface area (TPSA) is 38.7 Å². The summed E-state index contributed by atoms with van der Waals surface area (Å²) in [6, 6.07) is 7.80. The van der Waals surface area contributed by atoms with Crippen LogP contribution in [0.2, 0.25) is 5.02 Å². The number of carbonyl (C=O) groups is 1. The zero-order valence-corrected chi connectivity index (χ0v) is 11.6. The van der Waals surface area contributed by atoms with Crippen LogP contribution in [0.5, 0.6) is 0 Å². The van der Waals surface area contributed by atoms with Gasteiger partial charge in [0.2, 0.25) is 0 Å². The lowest BCUT2D eigenvalue weighted by Crippen LogP contribution is -2.07. The zero-order chi connectivity index (χ0) is 13.0. The Hall–Kier alpha value is -1.000. The molecule has 1 aliphatic rings. The highest BCUT2D eigenvalue weighted by atomic mass is 35.5. The molecule has 0 bridgehead atoms. The van der Waals surface area contributed by atoms with Crippen molar-refractivity contribution in [1.82, 2.24) is 0 Å². The van der Waals surface area contributed by atoms with E-state index >= 15 is 0 Å². The van der Waals surface area contributed by atoms with Crippen molar-refractivity contribution >= 4 is 34.4 Å². The monoisotopic (exact) mass is 283 g/mol. The summed E-state index contributed by atoms with van der Waals surface area (Å²) in [7, 11) is 0. The average molecular weight is 284 g/mol. The molecule has 0 aromatic heterocycles. The van der Waals surface area contributed by atoms with E-state index in [0.717, 1.165) is 21.4 Å². The number of nitrogens with zero attached hydrogens (tertiary/aromatic N) is 1. The second-order valence-corrected chi connectivity index (χ2v) is 5.41. The van der Waals surface area contributed by atoms with Crippen LogP contribution in [0.15, 0.2) is 29.3 Å². The third-order valence-electron chi connectivity index (χ3n) is 2.56. The van der Waals surface area contributed by atoms with Crippen molar-refractivity contribution in [2.24, 2.45) is 4.99 Å². The molecule has 96 valence electrons. The number of aliphatic imine (C=N–C) groups is 1. The van der Waals surface area contributed by atoms with Gasteiger partial charge in [0.25, 0.3) is 0 Å². The third kappa shape index (κ3) is 3.50. The smallest absolute Gasteiger partial charge is 0.312 e. The number of rotatable bonds is 4. The molecule has 0 saturated heterocycles. The summed E-state index contributed by atoms with van der Waals surface area (Å²) in [6.07, 6.45) is 0.280. The number of halogens is 1. The molecule has 0 radical (unpaired) electrons. The zero-order valence-electron chi connectivity index (χ0n) is 10.1. The van der Waals surface area contributed by atoms with E-state index in [4.69, 9.17) is 16.3 Å². The Kier molecular flexibility index (Phi) is 4.66. The third-order valence-corrected chi connectivity index (χ3v) is 3.88. The van der Waals surface area contributed by atoms with E-state index in [1.807, 2.05) is 24.3 Å². The van der Waals surface area contributed by atoms with Gasteiger partial charge in [-0.1, -0.05) is 23.7 Å². The summed E-state index contributed by atoms with van der Waals surface area (Å²) in [5.74, 6) is 0.664. The van der Waals surface area contributed by atoms with E-state index in [2.05, 4.69) is 4.99 Å². The number of ether oxygens (including phenoxy) is 1. The lowest BCUT2D eigenvalue weighted by atomic mass is 10.1. The van der Waals surface area contributed by atoms with Crippen LogP contribution in [0.1, 0.15) is 24.9 Å². The number of hydrogen-bond donors (Lipinski definition) is 0. The standard InChI is InChI=1S/C13H14ClNO2S/c1-2-17-13(16)7-12-15-11(8-18-12)9-3-5-10(14)6-4-9/h3-6,11H,2,7-8H2,1H3. The first-order valence-corrected chi connectivity index (χ1v) is 7.16. The Morgan fingerprint density at radius 2 is 2.22 bits per heavy atom. The van der Waals surface area contributed by atoms with Gasteiger partial charge in [-0.3, -0.25) is 9.79 Å². The molecule has 18 heavy (non-hydrogen) atoms. The van der Waals surface area contributed by atoms with Crippen LogP contribution in [-0.2, 0) is 9.53 Å². The van der Waals surface area contributed by atoms with Crippen molar-refractivity contribution in [3.8, 4) is 0 Å². The maximum absolute atomic E-state index is 11.4. The first-order chi connectivity index (χ1) is 8.69. The lowest BCUT2D eigenvalue weighted by Gasteiger charge is -2.05. The molecule has 1 aromatic rings. The molecule has 0 aliphatic carbocycles. The van der Waals surface area contributed by atoms with Gasteiger partial charge in [-0.25, -0.2) is 0 Å². The number of thioether (sulfide) groups is 1. The largest absolute Gasteiger partial charge is 0.466 e. The van der Waals surface area contributed by atoms with Crippen molar-refractivity contribution in [3.63, 3.8) is 0 Å². The number of hydrogen-bond acceptors (Lipinski definition) is 4. The number of benzene rings is 1. The maximum Gasteiger partial charge on any atom is 0.312 e. The van der Waals surface area contributed by atoms with Gasteiger partial charge in [-0.2, -0.15) is 0 Å². The SMILES string of the molecule is CCOC(=O)CC1=NC(c2ccc(Cl)cc2)CS1. The molecule has 3 nitrogen and oxygen atoms in total. The number of carbonyl (C=O) groups excluding carboxylic acids is 1. The summed E-state index contributed by atoms with van der Waals surface area (Å²) in [4.78, 5) is 15.9. The molecule has 0 fully saturated rings. The van der Waals surface area contributed by atoms with E-state index in [9.17, 15) is 4.79 Å². The second kappa shape index (κ2) is 6.25. The minimum atomic E-state index is -0.208. The summed E-state index contributed by atoms with van der Waals surface area (Å²) in [5.41, 5.74) is 1.13. The Labute approximate surface area is 116 Å². The Balaban J connectivity index is 1.99. The highest BCUT2D eigenvalue weighted by Crippen LogP contribution is 2.32. The van der Waals surface area contributed by atoms with Crippen LogP contribution in [0.3, 0.4) is 0 Å². The van der Waals surface area contributed by atoms with E-state index in [1.54, 1.807) is 18.7 Å². The molecule has 1 atom stereocenters. The molecule has 2 rings (SSSR count). The fraction of sp³-hybridized carbons (Fsp3) is 0.385. The van der Waals surface area contributed by atoms with Gasteiger partial charge in [0.15, 0.2) is 0 Å². The Morgan fingerprint density at radius 3 is 2.89 bits per heavy atom. The molecule has 0 saturated carbocycles. The Morgan fingerprint density at radius 1 is 1.50 bits per heavy atom. The van der Waals surface area contributed by atoms with Crippen molar-refractivity contribution in [2.45, 2.75) is 19.4 Å². The fourth-order valence-corrected chi connectivity index (χ4v) is 2.88. The minimum Gasteiger partial charge on any atom is -0.466 e. The molecule has 0 spiro atoms. The van der Waals surface area contributed by atoms with Crippen LogP contribution in [0, 0.1) is 0 Å². The quantitative estimate of drug-likeness (QED) is 0.794. The van der Waals surface area contributed by atoms with Gasteiger partial charge < -0.3 is 4.74 Å². The van der Waals surface area contributed by atoms with Gasteiger partial charge in [0.1, 0.15) is 0 Å². The summed E-state index contributed by atoms with van der Waals surface area (Å²) in [6.45, 7) is 2.22. The van der Waals surface area contributed by atoms with Crippen molar-refractivity contribution in [3.05, 3.63) is 34.9 Å². The van der Waals surface area contributed by atoms with Gasteiger partial charge in [0, 0.05) is 10.8 Å². The van der Waals surface area contributed by atoms with E-state index in [1.165, 1.54) is 0 Å². The molecule has 5 heteroatoms. The number of esters is 1. The molecule has 0 amide bonds. The van der Waals surface area contributed by atoms with Gasteiger partial charge in [-0.05, 0) is 24.6 Å². The normalized spacial score (nSPS) is 18.6. The molecule has 1 heterocycles. The predicted octanol–water partition coefficient (Wildman–Crippen LogP) is 3.48. The Bertz CT molecular complexity index is 459. The second-order valence-electron chi connectivity index (χ2n) is 3.88. The van der Waals surface area contributed by atoms with E-state index < -0.39 is 0 Å². The van der Waals surface area contributed by atoms with E-state index in [0.29, 0.717) is 6.61 Å². The highest BCUT2D eigenvalue weighted by Gasteiger charge is 2.21. The predicted molar refractivity (Wildman–Crippen MR) is 75.3 cm³/mol. The minimum absolute atomic E-state index is 0.122. The van der Waals surface area contributed by atoms with Crippen LogP contribution < -0.4 is 0 Å². The summed E-state index contributed by atoms with van der Waals surface area (Å²) >= 11 is 7.47. The van der Waals surface area contributed by atoms with Crippen molar-refractivity contribution in [1.29, 1.82) is 0 Å². The van der Waals surface area contributed by atoms with E-state index in [-0.39, 0.29) is 18.4 Å². The fourth-order valence-electron chi connectivity index (χ4n) is 1.71. The molecule has 1 unspecified atom stereocenters. The van der Waals surface area contributed by atoms with Gasteiger partial charge >= 0.3 is 5.97 Å². The van der Waals surface area contributed by atoms with Crippen LogP contribution in [0.25, 0.3) is 0 Å². The summed E-state index contributed by atoms with van der Waals surface area (Å²) in [5, 5.41) is 1.58. The first kappa shape index (κ1) is 13.4.